The standard InChI is InChI=1S/C25H31FN2O4S/c1-25(2,3)32-24(29)28-9-7-17(8-10-28)22-13-18-12-21(27-14-23(18)31-22)19-6-5-16(11-20(19)26)15-33(4)30/h5-6,11-12,14,17,22H,7-10,13,15H2,1-4H3. The highest BCUT2D eigenvalue weighted by atomic mass is 32.2. The summed E-state index contributed by atoms with van der Waals surface area (Å²) in [4.78, 5) is 18.5. The summed E-state index contributed by atoms with van der Waals surface area (Å²) < 4.78 is 37.8. The van der Waals surface area contributed by atoms with Gasteiger partial charge in [-0.2, -0.15) is 0 Å². The number of hydrogen-bond donors (Lipinski definition) is 0. The SMILES string of the molecule is C[S+]([O-])Cc1ccc(-c2cc3c(cn2)OC(C2CCN(C(=O)OC(C)(C)C)CC2)C3)c(F)c1. The number of amides is 1. The molecule has 0 N–H and O–H groups in total. The van der Waals surface area contributed by atoms with Crippen LogP contribution in [0.4, 0.5) is 9.18 Å². The number of hydrogen-bond acceptors (Lipinski definition) is 5. The van der Waals surface area contributed by atoms with E-state index in [2.05, 4.69) is 4.98 Å². The van der Waals surface area contributed by atoms with Gasteiger partial charge in [0.25, 0.3) is 0 Å². The van der Waals surface area contributed by atoms with Crippen molar-refractivity contribution >= 4 is 17.3 Å². The molecular formula is C25H31FN2O4S. The van der Waals surface area contributed by atoms with Crippen LogP contribution in [0.2, 0.25) is 0 Å². The van der Waals surface area contributed by atoms with Gasteiger partial charge in [-0.05, 0) is 57.7 Å². The number of carbonyl (C=O) groups excluding carboxylic acids is 1. The minimum atomic E-state index is -1.02. The van der Waals surface area contributed by atoms with Gasteiger partial charge >= 0.3 is 6.09 Å². The Kier molecular flexibility index (Phi) is 6.86. The van der Waals surface area contributed by atoms with Gasteiger partial charge in [0.15, 0.2) is 0 Å². The number of carbonyl (C=O) groups is 1. The van der Waals surface area contributed by atoms with E-state index >= 15 is 0 Å². The van der Waals surface area contributed by atoms with Crippen LogP contribution in [-0.4, -0.2) is 51.6 Å². The third kappa shape index (κ3) is 5.79. The minimum absolute atomic E-state index is 0.0320. The number of ether oxygens (including phenoxy) is 2. The molecule has 2 aliphatic rings. The molecule has 1 aromatic heterocycles. The zero-order valence-corrected chi connectivity index (χ0v) is 20.4. The molecule has 2 unspecified atom stereocenters. The van der Waals surface area contributed by atoms with Crippen LogP contribution in [-0.2, 0) is 28.1 Å². The average Bonchev–Trinajstić information content (AvgIpc) is 3.15. The van der Waals surface area contributed by atoms with Gasteiger partial charge in [0.2, 0.25) is 0 Å². The highest BCUT2D eigenvalue weighted by Crippen LogP contribution is 2.37. The van der Waals surface area contributed by atoms with E-state index in [9.17, 15) is 13.7 Å². The first-order valence-electron chi connectivity index (χ1n) is 11.3. The molecule has 0 bridgehead atoms. The Morgan fingerprint density at radius 1 is 1.30 bits per heavy atom. The normalized spacial score (nSPS) is 19.7. The highest BCUT2D eigenvalue weighted by Gasteiger charge is 2.35. The number of pyridine rings is 1. The van der Waals surface area contributed by atoms with E-state index in [1.54, 1.807) is 29.5 Å². The number of likely N-dealkylation sites (tertiary alicyclic amines) is 1. The van der Waals surface area contributed by atoms with Gasteiger partial charge < -0.3 is 18.9 Å². The van der Waals surface area contributed by atoms with Crippen LogP contribution in [0.5, 0.6) is 5.75 Å². The van der Waals surface area contributed by atoms with Crippen molar-refractivity contribution in [2.75, 3.05) is 19.3 Å². The fourth-order valence-electron chi connectivity index (χ4n) is 4.45. The lowest BCUT2D eigenvalue weighted by atomic mass is 9.89. The molecule has 6 nitrogen and oxygen atoms in total. The molecule has 4 rings (SSSR count). The molecule has 0 radical (unpaired) electrons. The van der Waals surface area contributed by atoms with Crippen LogP contribution in [0.25, 0.3) is 11.3 Å². The fraction of sp³-hybridized carbons (Fsp3) is 0.520. The van der Waals surface area contributed by atoms with Crippen molar-refractivity contribution < 1.29 is 23.2 Å². The first-order valence-corrected chi connectivity index (χ1v) is 13.0. The number of piperidine rings is 1. The third-order valence-electron chi connectivity index (χ3n) is 6.04. The first-order chi connectivity index (χ1) is 15.6. The first kappa shape index (κ1) is 23.8. The predicted octanol–water partition coefficient (Wildman–Crippen LogP) is 4.72. The Morgan fingerprint density at radius 3 is 2.67 bits per heavy atom. The number of halogens is 1. The van der Waals surface area contributed by atoms with Crippen LogP contribution < -0.4 is 4.74 Å². The molecule has 2 aromatic rings. The molecule has 0 spiro atoms. The number of rotatable bonds is 4. The van der Waals surface area contributed by atoms with Gasteiger partial charge in [-0.3, -0.25) is 4.98 Å². The molecule has 1 amide bonds. The van der Waals surface area contributed by atoms with Crippen LogP contribution >= 0.6 is 0 Å². The Bertz CT molecular complexity index is 1020. The lowest BCUT2D eigenvalue weighted by Crippen LogP contribution is -2.44. The van der Waals surface area contributed by atoms with Gasteiger partial charge in [-0.25, -0.2) is 9.18 Å². The monoisotopic (exact) mass is 474 g/mol. The molecule has 8 heteroatoms. The van der Waals surface area contributed by atoms with Gasteiger partial charge in [0.05, 0.1) is 18.1 Å². The molecule has 178 valence electrons. The van der Waals surface area contributed by atoms with Crippen molar-refractivity contribution in [2.24, 2.45) is 5.92 Å². The maximum Gasteiger partial charge on any atom is 0.410 e. The van der Waals surface area contributed by atoms with Crippen LogP contribution in [0.15, 0.2) is 30.5 Å². The second-order valence-electron chi connectivity index (χ2n) is 9.87. The van der Waals surface area contributed by atoms with E-state index in [4.69, 9.17) is 9.47 Å². The molecule has 1 aromatic carbocycles. The van der Waals surface area contributed by atoms with Crippen molar-refractivity contribution in [3.05, 3.63) is 47.4 Å². The molecule has 3 heterocycles. The topological polar surface area (TPSA) is 74.7 Å². The van der Waals surface area contributed by atoms with Gasteiger partial charge in [0.1, 0.15) is 29.0 Å². The summed E-state index contributed by atoms with van der Waals surface area (Å²) in [5, 5.41) is 0. The molecule has 2 atom stereocenters. The van der Waals surface area contributed by atoms with E-state index in [1.807, 2.05) is 26.8 Å². The largest absolute Gasteiger partial charge is 0.616 e. The fourth-order valence-corrected chi connectivity index (χ4v) is 5.10. The second-order valence-corrected chi connectivity index (χ2v) is 11.3. The van der Waals surface area contributed by atoms with E-state index in [0.717, 1.165) is 30.6 Å². The number of fused-ring (bicyclic) bond motifs is 1. The zero-order valence-electron chi connectivity index (χ0n) is 19.6. The van der Waals surface area contributed by atoms with E-state index < -0.39 is 16.8 Å². The zero-order chi connectivity index (χ0) is 23.8. The van der Waals surface area contributed by atoms with Crippen LogP contribution in [0, 0.1) is 11.7 Å². The van der Waals surface area contributed by atoms with Crippen molar-refractivity contribution in [3.63, 3.8) is 0 Å². The second kappa shape index (κ2) is 9.50. The maximum absolute atomic E-state index is 14.7. The molecule has 1 fully saturated rings. The maximum atomic E-state index is 14.7. The summed E-state index contributed by atoms with van der Waals surface area (Å²) in [5.41, 5.74) is 2.23. The number of benzene rings is 1. The van der Waals surface area contributed by atoms with Crippen molar-refractivity contribution in [2.45, 2.75) is 57.5 Å². The average molecular weight is 475 g/mol. The van der Waals surface area contributed by atoms with Crippen molar-refractivity contribution in [3.8, 4) is 17.0 Å². The Hall–Kier alpha value is -2.32. The molecule has 2 aliphatic heterocycles. The summed E-state index contributed by atoms with van der Waals surface area (Å²) >= 11 is -1.02. The summed E-state index contributed by atoms with van der Waals surface area (Å²) in [6.07, 6.45) is 5.50. The van der Waals surface area contributed by atoms with Crippen molar-refractivity contribution in [1.29, 1.82) is 0 Å². The summed E-state index contributed by atoms with van der Waals surface area (Å²) in [5.74, 6) is 1.05. The lowest BCUT2D eigenvalue weighted by Gasteiger charge is -2.35. The summed E-state index contributed by atoms with van der Waals surface area (Å²) in [7, 11) is 0. The van der Waals surface area contributed by atoms with Crippen LogP contribution in [0.1, 0.15) is 44.7 Å². The Labute approximate surface area is 197 Å². The van der Waals surface area contributed by atoms with E-state index in [-0.39, 0.29) is 18.0 Å². The predicted molar refractivity (Wildman–Crippen MR) is 126 cm³/mol. The van der Waals surface area contributed by atoms with E-state index in [0.29, 0.717) is 41.6 Å². The number of nitrogens with zero attached hydrogens (tertiary/aromatic N) is 2. The van der Waals surface area contributed by atoms with Crippen LogP contribution in [0.3, 0.4) is 0 Å². The molecule has 0 aliphatic carbocycles. The Morgan fingerprint density at radius 2 is 2.03 bits per heavy atom. The Balaban J connectivity index is 1.39. The summed E-state index contributed by atoms with van der Waals surface area (Å²) in [6.45, 7) is 6.92. The molecule has 0 saturated carbocycles. The highest BCUT2D eigenvalue weighted by molar-refractivity contribution is 7.89. The van der Waals surface area contributed by atoms with Gasteiger partial charge in [-0.1, -0.05) is 17.2 Å². The third-order valence-corrected chi connectivity index (χ3v) is 6.78. The smallest absolute Gasteiger partial charge is 0.410 e. The van der Waals surface area contributed by atoms with Gasteiger partial charge in [0, 0.05) is 36.2 Å². The van der Waals surface area contributed by atoms with Crippen molar-refractivity contribution in [1.82, 2.24) is 9.88 Å². The molecular weight excluding hydrogens is 443 g/mol. The molecule has 1 saturated heterocycles. The van der Waals surface area contributed by atoms with E-state index in [1.165, 1.54) is 6.07 Å². The number of aromatic nitrogens is 1. The minimum Gasteiger partial charge on any atom is -0.616 e. The lowest BCUT2D eigenvalue weighted by molar-refractivity contribution is 0.0123. The molecule has 33 heavy (non-hydrogen) atoms. The van der Waals surface area contributed by atoms with Gasteiger partial charge in [-0.15, -0.1) is 0 Å². The summed E-state index contributed by atoms with van der Waals surface area (Å²) in [6, 6.07) is 6.84. The quantitative estimate of drug-likeness (QED) is 0.600.